The van der Waals surface area contributed by atoms with Crippen LogP contribution in [-0.4, -0.2) is 16.2 Å². The molecule has 0 heterocycles. The van der Waals surface area contributed by atoms with Gasteiger partial charge in [-0.15, -0.1) is 0 Å². The summed E-state index contributed by atoms with van der Waals surface area (Å²) in [5.74, 6) is -1.01. The molecule has 64 valence electrons. The lowest BCUT2D eigenvalue weighted by Gasteiger charge is -2.02. The molecule has 0 amide bonds. The highest BCUT2D eigenvalue weighted by molar-refractivity contribution is 5.86. The minimum atomic E-state index is -1.01. The smallest absolute Gasteiger partial charge is 0.334 e. The number of hydrogen-bond acceptors (Lipinski definition) is 2. The van der Waals surface area contributed by atoms with Crippen LogP contribution < -0.4 is 0 Å². The summed E-state index contributed by atoms with van der Waals surface area (Å²) in [5, 5.41) is 17.7. The lowest BCUT2D eigenvalue weighted by molar-refractivity contribution is -0.133. The Morgan fingerprint density at radius 3 is 2.09 bits per heavy atom. The fraction of sp³-hybridized carbons (Fsp3) is 0.625. The Kier molecular flexibility index (Phi) is 4.34. The van der Waals surface area contributed by atoms with Crippen LogP contribution in [0.25, 0.3) is 0 Å². The van der Waals surface area contributed by atoms with Crippen LogP contribution >= 0.6 is 0 Å². The van der Waals surface area contributed by atoms with Crippen molar-refractivity contribution in [1.82, 2.24) is 0 Å². The fourth-order valence-corrected chi connectivity index (χ4v) is 0.838. The third kappa shape index (κ3) is 3.07. The van der Waals surface area contributed by atoms with Gasteiger partial charge in [0.05, 0.1) is 5.57 Å². The van der Waals surface area contributed by atoms with E-state index in [1.165, 1.54) is 0 Å². The van der Waals surface area contributed by atoms with E-state index in [1.807, 2.05) is 6.92 Å². The van der Waals surface area contributed by atoms with Gasteiger partial charge in [0.15, 0.2) is 0 Å². The molecule has 3 heteroatoms. The summed E-state index contributed by atoms with van der Waals surface area (Å²) in [5.41, 5.74) is 0.148. The predicted octanol–water partition coefficient (Wildman–Crippen LogP) is 2.09. The largest absolute Gasteiger partial charge is 0.512 e. The van der Waals surface area contributed by atoms with Crippen molar-refractivity contribution in [1.29, 1.82) is 0 Å². The van der Waals surface area contributed by atoms with E-state index in [0.29, 0.717) is 12.8 Å². The van der Waals surface area contributed by atoms with Crippen LogP contribution in [0.15, 0.2) is 11.3 Å². The number of carboxylic acids is 1. The first-order chi connectivity index (χ1) is 5.13. The van der Waals surface area contributed by atoms with Crippen LogP contribution in [0.4, 0.5) is 0 Å². The van der Waals surface area contributed by atoms with E-state index < -0.39 is 5.97 Å². The highest BCUT2D eigenvalue weighted by Gasteiger charge is 2.10. The standard InChI is InChI=1S/C8H14O3/c1-3-5-6(8(10)11)7(9)4-2/h9H,3-5H2,1-2H3,(H,10,11). The molecule has 0 spiro atoms. The molecule has 0 aromatic heterocycles. The zero-order chi connectivity index (χ0) is 8.85. The molecule has 0 atom stereocenters. The summed E-state index contributed by atoms with van der Waals surface area (Å²) in [7, 11) is 0. The van der Waals surface area contributed by atoms with Gasteiger partial charge < -0.3 is 10.2 Å². The topological polar surface area (TPSA) is 57.5 Å². The van der Waals surface area contributed by atoms with Crippen molar-refractivity contribution >= 4 is 5.97 Å². The Morgan fingerprint density at radius 2 is 1.82 bits per heavy atom. The van der Waals surface area contributed by atoms with Crippen LogP contribution in [0.3, 0.4) is 0 Å². The highest BCUT2D eigenvalue weighted by Crippen LogP contribution is 2.11. The molecule has 0 fully saturated rings. The van der Waals surface area contributed by atoms with Crippen molar-refractivity contribution in [2.24, 2.45) is 0 Å². The van der Waals surface area contributed by atoms with Gasteiger partial charge in [-0.1, -0.05) is 20.3 Å². The van der Waals surface area contributed by atoms with Gasteiger partial charge in [0.25, 0.3) is 0 Å². The number of carboxylic acid groups (broad SMARTS) is 1. The second kappa shape index (κ2) is 4.77. The molecule has 3 nitrogen and oxygen atoms in total. The third-order valence-corrected chi connectivity index (χ3v) is 1.44. The van der Waals surface area contributed by atoms with E-state index in [2.05, 4.69) is 0 Å². The number of aliphatic hydroxyl groups excluding tert-OH is 1. The molecule has 0 saturated carbocycles. The molecule has 0 radical (unpaired) electrons. The van der Waals surface area contributed by atoms with Crippen molar-refractivity contribution in [3.05, 3.63) is 11.3 Å². The Labute approximate surface area is 66.4 Å². The van der Waals surface area contributed by atoms with Crippen LogP contribution in [0.1, 0.15) is 33.1 Å². The van der Waals surface area contributed by atoms with Gasteiger partial charge >= 0.3 is 5.97 Å². The first kappa shape index (κ1) is 10.0. The second-order valence-corrected chi connectivity index (χ2v) is 2.33. The third-order valence-electron chi connectivity index (χ3n) is 1.44. The molecule has 0 aliphatic carbocycles. The summed E-state index contributed by atoms with van der Waals surface area (Å²) in [6, 6.07) is 0. The monoisotopic (exact) mass is 158 g/mol. The molecular weight excluding hydrogens is 144 g/mol. The maximum Gasteiger partial charge on any atom is 0.334 e. The number of hydrogen-bond donors (Lipinski definition) is 2. The van der Waals surface area contributed by atoms with Gasteiger partial charge in [-0.05, 0) is 6.42 Å². The van der Waals surface area contributed by atoms with E-state index in [1.54, 1.807) is 6.92 Å². The van der Waals surface area contributed by atoms with Gasteiger partial charge in [0, 0.05) is 6.42 Å². The Balaban J connectivity index is 4.43. The van der Waals surface area contributed by atoms with E-state index in [4.69, 9.17) is 10.2 Å². The van der Waals surface area contributed by atoms with Crippen LogP contribution in [0.5, 0.6) is 0 Å². The number of rotatable bonds is 4. The Bertz CT molecular complexity index is 170. The molecule has 2 N–H and O–H groups in total. The molecule has 11 heavy (non-hydrogen) atoms. The molecule has 0 saturated heterocycles. The quantitative estimate of drug-likeness (QED) is 0.486. The number of allylic oxidation sites excluding steroid dienone is 1. The van der Waals surface area contributed by atoms with Gasteiger partial charge in [-0.3, -0.25) is 0 Å². The van der Waals surface area contributed by atoms with Crippen LogP contribution in [0.2, 0.25) is 0 Å². The maximum absolute atomic E-state index is 10.5. The summed E-state index contributed by atoms with van der Waals surface area (Å²) in [6.07, 6.45) is 1.57. The molecule has 0 aromatic rings. The molecule has 0 rings (SSSR count). The van der Waals surface area contributed by atoms with Crippen molar-refractivity contribution < 1.29 is 15.0 Å². The van der Waals surface area contributed by atoms with Gasteiger partial charge in [0.1, 0.15) is 5.76 Å². The zero-order valence-corrected chi connectivity index (χ0v) is 6.92. The van der Waals surface area contributed by atoms with Crippen molar-refractivity contribution in [3.63, 3.8) is 0 Å². The predicted molar refractivity (Wildman–Crippen MR) is 42.5 cm³/mol. The van der Waals surface area contributed by atoms with E-state index >= 15 is 0 Å². The lowest BCUT2D eigenvalue weighted by Crippen LogP contribution is -2.04. The molecule has 0 bridgehead atoms. The number of aliphatic carboxylic acids is 1. The van der Waals surface area contributed by atoms with E-state index in [-0.39, 0.29) is 11.3 Å². The normalized spacial score (nSPS) is 12.5. The maximum atomic E-state index is 10.5. The highest BCUT2D eigenvalue weighted by atomic mass is 16.4. The van der Waals surface area contributed by atoms with Crippen LogP contribution in [-0.2, 0) is 4.79 Å². The first-order valence-electron chi connectivity index (χ1n) is 3.77. The Hall–Kier alpha value is -0.990. The second-order valence-electron chi connectivity index (χ2n) is 2.33. The molecule has 0 aromatic carbocycles. The minimum Gasteiger partial charge on any atom is -0.512 e. The van der Waals surface area contributed by atoms with E-state index in [9.17, 15) is 4.79 Å². The zero-order valence-electron chi connectivity index (χ0n) is 6.92. The summed E-state index contributed by atoms with van der Waals surface area (Å²) in [6.45, 7) is 3.61. The summed E-state index contributed by atoms with van der Waals surface area (Å²) in [4.78, 5) is 10.5. The van der Waals surface area contributed by atoms with Crippen molar-refractivity contribution in [2.45, 2.75) is 33.1 Å². The SMILES string of the molecule is CCCC(C(=O)O)=C(O)CC. The summed E-state index contributed by atoms with van der Waals surface area (Å²) >= 11 is 0. The first-order valence-corrected chi connectivity index (χ1v) is 3.77. The molecular formula is C8H14O3. The van der Waals surface area contributed by atoms with E-state index in [0.717, 1.165) is 6.42 Å². The molecule has 0 aliphatic rings. The fourth-order valence-electron chi connectivity index (χ4n) is 0.838. The number of carbonyl (C=O) groups is 1. The summed E-state index contributed by atoms with van der Waals surface area (Å²) < 4.78 is 0. The molecule has 0 unspecified atom stereocenters. The van der Waals surface area contributed by atoms with Crippen LogP contribution in [0, 0.1) is 0 Å². The number of aliphatic hydroxyl groups is 1. The van der Waals surface area contributed by atoms with Crippen molar-refractivity contribution in [3.8, 4) is 0 Å². The van der Waals surface area contributed by atoms with Gasteiger partial charge in [0.2, 0.25) is 0 Å². The molecule has 0 aliphatic heterocycles. The Morgan fingerprint density at radius 1 is 1.27 bits per heavy atom. The van der Waals surface area contributed by atoms with Crippen molar-refractivity contribution in [2.75, 3.05) is 0 Å². The lowest BCUT2D eigenvalue weighted by atomic mass is 10.1. The minimum absolute atomic E-state index is 0.000602. The average Bonchev–Trinajstić information content (AvgIpc) is 1.98. The van der Waals surface area contributed by atoms with Gasteiger partial charge in [-0.25, -0.2) is 4.79 Å². The van der Waals surface area contributed by atoms with Gasteiger partial charge in [-0.2, -0.15) is 0 Å². The average molecular weight is 158 g/mol.